The van der Waals surface area contributed by atoms with Crippen molar-refractivity contribution in [1.82, 2.24) is 0 Å². The van der Waals surface area contributed by atoms with E-state index in [9.17, 15) is 9.59 Å². The number of hydrogen-bond acceptors (Lipinski definition) is 4. The molecule has 6 nitrogen and oxygen atoms in total. The number of rotatable bonds is 7. The molecule has 0 unspecified atom stereocenters. The highest BCUT2D eigenvalue weighted by Crippen LogP contribution is 2.39. The van der Waals surface area contributed by atoms with E-state index in [0.717, 1.165) is 44.5 Å². The third-order valence-corrected chi connectivity index (χ3v) is 6.73. The maximum Gasteiger partial charge on any atom is 0.341 e. The lowest BCUT2D eigenvalue weighted by atomic mass is 10.1. The summed E-state index contributed by atoms with van der Waals surface area (Å²) >= 11 is 1.55. The zero-order valence-electron chi connectivity index (χ0n) is 15.9. The lowest BCUT2D eigenvalue weighted by Gasteiger charge is -2.28. The second-order valence-corrected chi connectivity index (χ2v) is 8.29. The van der Waals surface area contributed by atoms with Crippen LogP contribution in [0.1, 0.15) is 47.5 Å². The van der Waals surface area contributed by atoms with Gasteiger partial charge in [0.2, 0.25) is 5.91 Å². The number of piperazine rings is 1. The quantitative estimate of drug-likeness (QED) is 0.561. The number of nitrogens with one attached hydrogen (secondary N) is 3. The summed E-state index contributed by atoms with van der Waals surface area (Å²) in [6.45, 7) is 11.1. The third kappa shape index (κ3) is 4.45. The summed E-state index contributed by atoms with van der Waals surface area (Å²) < 4.78 is 5.22. The topological polar surface area (TPSA) is 64.3 Å². The molecule has 0 atom stereocenters. The highest BCUT2D eigenvalue weighted by molar-refractivity contribution is 7.17. The van der Waals surface area contributed by atoms with Gasteiger partial charge in [0.15, 0.2) is 0 Å². The van der Waals surface area contributed by atoms with Crippen LogP contribution in [0.25, 0.3) is 0 Å². The molecule has 144 valence electrons. The van der Waals surface area contributed by atoms with Crippen molar-refractivity contribution in [2.45, 2.75) is 39.5 Å². The smallest absolute Gasteiger partial charge is 0.341 e. The van der Waals surface area contributed by atoms with Crippen LogP contribution >= 0.6 is 11.3 Å². The average molecular weight is 382 g/mol. The Morgan fingerprint density at radius 3 is 2.54 bits per heavy atom. The molecular formula is C19H31N3O3S+2. The van der Waals surface area contributed by atoms with Crippen molar-refractivity contribution in [3.8, 4) is 0 Å². The standard InChI is InChI=1S/C19H29N3O3S/c1-3-21-10-12-22(13-11-21)9-8-16(23)20-18-17(19(24)25-4-2)14-6-5-7-15(14)26-18/h3-13H2,1-2H3,(H,20,23)/p+2. The van der Waals surface area contributed by atoms with Crippen LogP contribution in [-0.2, 0) is 22.4 Å². The first-order valence-corrected chi connectivity index (χ1v) is 10.7. The molecule has 1 aliphatic heterocycles. The van der Waals surface area contributed by atoms with Gasteiger partial charge < -0.3 is 19.9 Å². The van der Waals surface area contributed by atoms with Crippen molar-refractivity contribution in [1.29, 1.82) is 0 Å². The van der Waals surface area contributed by atoms with Crippen molar-refractivity contribution in [3.05, 3.63) is 16.0 Å². The molecule has 0 radical (unpaired) electrons. The second-order valence-electron chi connectivity index (χ2n) is 7.18. The van der Waals surface area contributed by atoms with E-state index in [1.54, 1.807) is 16.2 Å². The van der Waals surface area contributed by atoms with Gasteiger partial charge in [-0.1, -0.05) is 0 Å². The normalized spacial score (nSPS) is 22.1. The number of quaternary nitrogens is 2. The third-order valence-electron chi connectivity index (χ3n) is 5.52. The van der Waals surface area contributed by atoms with Gasteiger partial charge in [0.25, 0.3) is 0 Å². The SMILES string of the molecule is CCOC(=O)c1c(NC(=O)CC[NH+]2CC[NH+](CC)CC2)sc2c1CCC2. The highest BCUT2D eigenvalue weighted by Gasteiger charge is 2.28. The number of thiophene rings is 1. The number of esters is 1. The molecule has 1 aliphatic carbocycles. The molecule has 0 bridgehead atoms. The Bertz CT molecular complexity index is 651. The van der Waals surface area contributed by atoms with Crippen LogP contribution in [0.15, 0.2) is 0 Å². The van der Waals surface area contributed by atoms with E-state index in [0.29, 0.717) is 23.6 Å². The first kappa shape index (κ1) is 19.3. The molecule has 2 heterocycles. The van der Waals surface area contributed by atoms with Crippen molar-refractivity contribution < 1.29 is 24.1 Å². The number of ether oxygens (including phenoxy) is 1. The van der Waals surface area contributed by atoms with E-state index in [4.69, 9.17) is 4.74 Å². The molecule has 3 N–H and O–H groups in total. The molecule has 3 rings (SSSR count). The number of hydrogen-bond donors (Lipinski definition) is 3. The minimum absolute atomic E-state index is 0.00763. The number of carbonyl (C=O) groups is 2. The van der Waals surface area contributed by atoms with Crippen molar-refractivity contribution in [3.63, 3.8) is 0 Å². The van der Waals surface area contributed by atoms with Crippen molar-refractivity contribution in [2.24, 2.45) is 0 Å². The monoisotopic (exact) mass is 381 g/mol. The number of anilines is 1. The average Bonchev–Trinajstić information content (AvgIpc) is 3.21. The van der Waals surface area contributed by atoms with E-state index < -0.39 is 0 Å². The predicted octanol–water partition coefficient (Wildman–Crippen LogP) is -0.455. The van der Waals surface area contributed by atoms with Gasteiger partial charge in [-0.25, -0.2) is 4.79 Å². The van der Waals surface area contributed by atoms with Crippen LogP contribution in [0.5, 0.6) is 0 Å². The fourth-order valence-corrected chi connectivity index (χ4v) is 5.25. The first-order valence-electron chi connectivity index (χ1n) is 9.91. The maximum atomic E-state index is 12.5. The Morgan fingerprint density at radius 2 is 1.85 bits per heavy atom. The van der Waals surface area contributed by atoms with E-state index in [2.05, 4.69) is 12.2 Å². The molecule has 1 aromatic rings. The Morgan fingerprint density at radius 1 is 1.12 bits per heavy atom. The van der Waals surface area contributed by atoms with Gasteiger partial charge in [-0.2, -0.15) is 0 Å². The van der Waals surface area contributed by atoms with Crippen LogP contribution in [0.4, 0.5) is 5.00 Å². The molecule has 1 amide bonds. The van der Waals surface area contributed by atoms with Crippen LogP contribution < -0.4 is 15.1 Å². The van der Waals surface area contributed by atoms with Crippen LogP contribution in [-0.4, -0.2) is 57.8 Å². The molecule has 0 spiro atoms. The number of carbonyl (C=O) groups excluding carboxylic acids is 2. The number of amides is 1. The van der Waals surface area contributed by atoms with Crippen molar-refractivity contribution >= 4 is 28.2 Å². The summed E-state index contributed by atoms with van der Waals surface area (Å²) in [6, 6.07) is 0. The van der Waals surface area contributed by atoms with E-state index in [1.165, 1.54) is 29.4 Å². The molecule has 1 fully saturated rings. The highest BCUT2D eigenvalue weighted by atomic mass is 32.1. The minimum atomic E-state index is -0.300. The van der Waals surface area contributed by atoms with E-state index >= 15 is 0 Å². The van der Waals surface area contributed by atoms with Gasteiger partial charge in [-0.05, 0) is 38.7 Å². The summed E-state index contributed by atoms with van der Waals surface area (Å²) in [5.41, 5.74) is 1.69. The number of fused-ring (bicyclic) bond motifs is 1. The van der Waals surface area contributed by atoms with Gasteiger partial charge >= 0.3 is 5.97 Å². The predicted molar refractivity (Wildman–Crippen MR) is 102 cm³/mol. The lowest BCUT2D eigenvalue weighted by molar-refractivity contribution is -1.01. The van der Waals surface area contributed by atoms with E-state index in [1.807, 2.05) is 6.92 Å². The molecule has 1 saturated heterocycles. The second kappa shape index (κ2) is 8.97. The fourth-order valence-electron chi connectivity index (χ4n) is 3.95. The van der Waals surface area contributed by atoms with Gasteiger partial charge in [0, 0.05) is 4.88 Å². The first-order chi connectivity index (χ1) is 12.6. The van der Waals surface area contributed by atoms with Crippen LogP contribution in [0, 0.1) is 0 Å². The van der Waals surface area contributed by atoms with Crippen molar-refractivity contribution in [2.75, 3.05) is 51.2 Å². The Balaban J connectivity index is 1.57. The van der Waals surface area contributed by atoms with Crippen LogP contribution in [0.2, 0.25) is 0 Å². The number of likely N-dealkylation sites (N-methyl/N-ethyl adjacent to an activating group) is 1. The maximum absolute atomic E-state index is 12.5. The molecular weight excluding hydrogens is 350 g/mol. The Hall–Kier alpha value is -1.44. The van der Waals surface area contributed by atoms with Gasteiger partial charge in [-0.15, -0.1) is 11.3 Å². The summed E-state index contributed by atoms with van der Waals surface area (Å²) in [6.07, 6.45) is 3.49. The van der Waals surface area contributed by atoms with Gasteiger partial charge in [-0.3, -0.25) is 4.79 Å². The number of aryl methyl sites for hydroxylation is 1. The van der Waals surface area contributed by atoms with Crippen LogP contribution in [0.3, 0.4) is 0 Å². The summed E-state index contributed by atoms with van der Waals surface area (Å²) in [5, 5.41) is 3.69. The molecule has 1 aromatic heterocycles. The summed E-state index contributed by atoms with van der Waals surface area (Å²) in [4.78, 5) is 29.2. The minimum Gasteiger partial charge on any atom is -0.462 e. The summed E-state index contributed by atoms with van der Waals surface area (Å²) in [5.74, 6) is -0.292. The molecule has 7 heteroatoms. The fraction of sp³-hybridized carbons (Fsp3) is 0.684. The summed E-state index contributed by atoms with van der Waals surface area (Å²) in [7, 11) is 0. The molecule has 0 saturated carbocycles. The Kier molecular flexibility index (Phi) is 6.67. The zero-order chi connectivity index (χ0) is 18.5. The molecule has 26 heavy (non-hydrogen) atoms. The van der Waals surface area contributed by atoms with Gasteiger partial charge in [0.1, 0.15) is 31.2 Å². The molecule has 2 aliphatic rings. The molecule has 0 aromatic carbocycles. The largest absolute Gasteiger partial charge is 0.462 e. The van der Waals surface area contributed by atoms with E-state index in [-0.39, 0.29) is 11.9 Å². The van der Waals surface area contributed by atoms with Gasteiger partial charge in [0.05, 0.1) is 31.7 Å². The lowest BCUT2D eigenvalue weighted by Crippen LogP contribution is -3.28. The zero-order valence-corrected chi connectivity index (χ0v) is 16.7. The Labute approximate surface area is 159 Å².